The van der Waals surface area contributed by atoms with E-state index < -0.39 is 17.8 Å². The number of amides is 2. The quantitative estimate of drug-likeness (QED) is 0.180. The monoisotopic (exact) mass is 465 g/mol. The van der Waals surface area contributed by atoms with Crippen molar-refractivity contribution in [3.05, 3.63) is 88.9 Å². The van der Waals surface area contributed by atoms with Crippen molar-refractivity contribution in [2.75, 3.05) is 11.9 Å². The first kappa shape index (κ1) is 23.5. The largest absolute Gasteiger partial charge is 0.494 e. The molecular formula is C24H20ClN3O5. The lowest BCUT2D eigenvalue weighted by atomic mass is 10.2. The number of nitrogens with one attached hydrogen (secondary N) is 2. The first-order valence-corrected chi connectivity index (χ1v) is 10.3. The third-order valence-corrected chi connectivity index (χ3v) is 4.43. The van der Waals surface area contributed by atoms with Crippen LogP contribution in [0.5, 0.6) is 11.5 Å². The summed E-state index contributed by atoms with van der Waals surface area (Å²) in [5.41, 5.74) is 3.58. The van der Waals surface area contributed by atoms with Gasteiger partial charge in [0.1, 0.15) is 11.5 Å². The van der Waals surface area contributed by atoms with Gasteiger partial charge in [0.05, 0.1) is 18.4 Å². The molecule has 0 atom stereocenters. The number of nitrogens with zero attached hydrogens (tertiary/aromatic N) is 1. The summed E-state index contributed by atoms with van der Waals surface area (Å²) in [7, 11) is 0. The van der Waals surface area contributed by atoms with Gasteiger partial charge in [-0.05, 0) is 85.3 Å². The zero-order valence-electron chi connectivity index (χ0n) is 17.6. The topological polar surface area (TPSA) is 106 Å². The molecule has 0 aliphatic rings. The Hall–Kier alpha value is -4.17. The van der Waals surface area contributed by atoms with Crippen molar-refractivity contribution in [1.82, 2.24) is 5.43 Å². The second-order valence-corrected chi connectivity index (χ2v) is 7.01. The molecule has 0 spiro atoms. The fourth-order valence-electron chi connectivity index (χ4n) is 2.58. The normalized spacial score (nSPS) is 10.5. The highest BCUT2D eigenvalue weighted by Crippen LogP contribution is 2.16. The van der Waals surface area contributed by atoms with E-state index in [1.165, 1.54) is 6.21 Å². The van der Waals surface area contributed by atoms with Crippen LogP contribution in [0.25, 0.3) is 0 Å². The third-order valence-electron chi connectivity index (χ3n) is 4.18. The van der Waals surface area contributed by atoms with Crippen LogP contribution in [0.4, 0.5) is 5.69 Å². The van der Waals surface area contributed by atoms with Crippen LogP contribution >= 0.6 is 11.6 Å². The molecule has 0 aliphatic heterocycles. The second kappa shape index (κ2) is 11.4. The number of halogens is 1. The minimum atomic E-state index is -0.929. The van der Waals surface area contributed by atoms with Crippen molar-refractivity contribution >= 4 is 41.3 Å². The Morgan fingerprint density at radius 3 is 2.15 bits per heavy atom. The number of benzene rings is 3. The number of hydrazone groups is 1. The summed E-state index contributed by atoms with van der Waals surface area (Å²) in [5, 5.41) is 6.69. The molecule has 0 heterocycles. The van der Waals surface area contributed by atoms with Gasteiger partial charge in [0, 0.05) is 10.7 Å². The number of hydrogen-bond acceptors (Lipinski definition) is 6. The van der Waals surface area contributed by atoms with Crippen LogP contribution in [0.3, 0.4) is 0 Å². The van der Waals surface area contributed by atoms with Gasteiger partial charge in [-0.15, -0.1) is 0 Å². The zero-order chi connectivity index (χ0) is 23.6. The van der Waals surface area contributed by atoms with E-state index in [-0.39, 0.29) is 0 Å². The molecule has 33 heavy (non-hydrogen) atoms. The second-order valence-electron chi connectivity index (χ2n) is 6.58. The van der Waals surface area contributed by atoms with Crippen molar-refractivity contribution in [2.45, 2.75) is 6.92 Å². The molecule has 8 nitrogen and oxygen atoms in total. The molecule has 3 rings (SSSR count). The molecule has 9 heteroatoms. The van der Waals surface area contributed by atoms with Gasteiger partial charge in [0.25, 0.3) is 0 Å². The standard InChI is InChI=1S/C24H20ClN3O5/c1-2-32-20-13-5-17(6-14-20)24(31)33-21-11-3-16(4-12-21)15-26-28-23(30)22(29)27-19-9-7-18(25)8-10-19/h3-15H,2H2,1H3,(H,27,29)(H,28,30). The van der Waals surface area contributed by atoms with E-state index in [0.29, 0.717) is 39.9 Å². The summed E-state index contributed by atoms with van der Waals surface area (Å²) in [4.78, 5) is 36.0. The maximum atomic E-state index is 12.2. The Morgan fingerprint density at radius 1 is 0.879 bits per heavy atom. The van der Waals surface area contributed by atoms with Crippen LogP contribution in [0, 0.1) is 0 Å². The Labute approximate surface area is 195 Å². The molecule has 0 aromatic heterocycles. The maximum absolute atomic E-state index is 12.2. The molecule has 0 saturated carbocycles. The van der Waals surface area contributed by atoms with Crippen molar-refractivity contribution in [2.24, 2.45) is 5.10 Å². The van der Waals surface area contributed by atoms with E-state index in [2.05, 4.69) is 15.8 Å². The van der Waals surface area contributed by atoms with Crippen LogP contribution in [0.2, 0.25) is 5.02 Å². The summed E-state index contributed by atoms with van der Waals surface area (Å²) in [5.74, 6) is -1.28. The van der Waals surface area contributed by atoms with Crippen LogP contribution in [0.1, 0.15) is 22.8 Å². The van der Waals surface area contributed by atoms with Crippen LogP contribution < -0.4 is 20.2 Å². The molecule has 0 fully saturated rings. The fraction of sp³-hybridized carbons (Fsp3) is 0.0833. The number of ether oxygens (including phenoxy) is 2. The van der Waals surface area contributed by atoms with E-state index in [1.54, 1.807) is 72.8 Å². The van der Waals surface area contributed by atoms with Crippen molar-refractivity contribution in [1.29, 1.82) is 0 Å². The predicted molar refractivity (Wildman–Crippen MR) is 125 cm³/mol. The fourth-order valence-corrected chi connectivity index (χ4v) is 2.71. The van der Waals surface area contributed by atoms with Gasteiger partial charge in [-0.2, -0.15) is 5.10 Å². The van der Waals surface area contributed by atoms with Crippen molar-refractivity contribution in [3.63, 3.8) is 0 Å². The Bertz CT molecular complexity index is 1140. The van der Waals surface area contributed by atoms with Gasteiger partial charge in [-0.3, -0.25) is 9.59 Å². The van der Waals surface area contributed by atoms with Gasteiger partial charge in [-0.25, -0.2) is 10.2 Å². The Balaban J connectivity index is 1.49. The molecular weight excluding hydrogens is 446 g/mol. The first-order valence-electron chi connectivity index (χ1n) is 9.89. The Morgan fingerprint density at radius 2 is 1.52 bits per heavy atom. The highest BCUT2D eigenvalue weighted by molar-refractivity contribution is 6.39. The zero-order valence-corrected chi connectivity index (χ0v) is 18.3. The van der Waals surface area contributed by atoms with Gasteiger partial charge >= 0.3 is 17.8 Å². The number of anilines is 1. The number of carbonyl (C=O) groups is 3. The van der Waals surface area contributed by atoms with Crippen LogP contribution in [-0.2, 0) is 9.59 Å². The highest BCUT2D eigenvalue weighted by atomic mass is 35.5. The van der Waals surface area contributed by atoms with Gasteiger partial charge < -0.3 is 14.8 Å². The first-order chi connectivity index (χ1) is 15.9. The molecule has 3 aromatic carbocycles. The van der Waals surface area contributed by atoms with E-state index in [4.69, 9.17) is 21.1 Å². The molecule has 0 unspecified atom stereocenters. The van der Waals surface area contributed by atoms with Gasteiger partial charge in [0.2, 0.25) is 0 Å². The highest BCUT2D eigenvalue weighted by Gasteiger charge is 2.13. The molecule has 0 saturated heterocycles. The average Bonchev–Trinajstić information content (AvgIpc) is 2.82. The molecule has 3 aromatic rings. The average molecular weight is 466 g/mol. The SMILES string of the molecule is CCOc1ccc(C(=O)Oc2ccc(C=NNC(=O)C(=O)Nc3ccc(Cl)cc3)cc2)cc1. The lowest BCUT2D eigenvalue weighted by molar-refractivity contribution is -0.136. The van der Waals surface area contributed by atoms with E-state index in [0.717, 1.165) is 0 Å². The molecule has 168 valence electrons. The van der Waals surface area contributed by atoms with E-state index in [1.807, 2.05) is 6.92 Å². The molecule has 0 bridgehead atoms. The third kappa shape index (κ3) is 7.19. The number of esters is 1. The molecule has 2 N–H and O–H groups in total. The maximum Gasteiger partial charge on any atom is 0.343 e. The predicted octanol–water partition coefficient (Wildman–Crippen LogP) is 4.05. The summed E-state index contributed by atoms with van der Waals surface area (Å²) < 4.78 is 10.7. The molecule has 0 radical (unpaired) electrons. The van der Waals surface area contributed by atoms with Crippen LogP contribution in [-0.4, -0.2) is 30.6 Å². The summed E-state index contributed by atoms with van der Waals surface area (Å²) in [6.07, 6.45) is 1.35. The lowest BCUT2D eigenvalue weighted by Crippen LogP contribution is -2.32. The Kier molecular flexibility index (Phi) is 8.15. The number of carbonyl (C=O) groups excluding carboxylic acids is 3. The van der Waals surface area contributed by atoms with E-state index in [9.17, 15) is 14.4 Å². The summed E-state index contributed by atoms with van der Waals surface area (Å²) >= 11 is 5.78. The molecule has 2 amide bonds. The smallest absolute Gasteiger partial charge is 0.343 e. The lowest BCUT2D eigenvalue weighted by Gasteiger charge is -2.06. The van der Waals surface area contributed by atoms with Crippen molar-refractivity contribution in [3.8, 4) is 11.5 Å². The minimum Gasteiger partial charge on any atom is -0.494 e. The summed E-state index contributed by atoms with van der Waals surface area (Å²) in [6, 6.07) is 19.4. The molecule has 0 aliphatic carbocycles. The van der Waals surface area contributed by atoms with Crippen LogP contribution in [0.15, 0.2) is 77.9 Å². The van der Waals surface area contributed by atoms with E-state index >= 15 is 0 Å². The number of hydrogen-bond donors (Lipinski definition) is 2. The van der Waals surface area contributed by atoms with Gasteiger partial charge in [-0.1, -0.05) is 11.6 Å². The number of rotatable bonds is 7. The van der Waals surface area contributed by atoms with Gasteiger partial charge in [0.15, 0.2) is 0 Å². The summed E-state index contributed by atoms with van der Waals surface area (Å²) in [6.45, 7) is 2.42. The minimum absolute atomic E-state index is 0.345. The van der Waals surface area contributed by atoms with Crippen molar-refractivity contribution < 1.29 is 23.9 Å².